The van der Waals surface area contributed by atoms with Crippen LogP contribution >= 0.6 is 0 Å². The molecule has 2 aliphatic rings. The monoisotopic (exact) mass is 720 g/mol. The number of carbonyl (C=O) groups excluding carboxylic acids is 1. The third-order valence-electron chi connectivity index (χ3n) is 10.1. The maximum atomic E-state index is 14.1. The van der Waals surface area contributed by atoms with Gasteiger partial charge in [0.15, 0.2) is 29.6 Å². The van der Waals surface area contributed by atoms with Crippen molar-refractivity contribution in [3.63, 3.8) is 0 Å². The molecule has 0 bridgehead atoms. The number of ether oxygens (including phenoxy) is 2. The summed E-state index contributed by atoms with van der Waals surface area (Å²) in [5.41, 5.74) is 3.23. The van der Waals surface area contributed by atoms with Gasteiger partial charge in [-0.1, -0.05) is 92.6 Å². The molecule has 0 radical (unpaired) electrons. The highest BCUT2D eigenvalue weighted by Crippen LogP contribution is 2.42. The van der Waals surface area contributed by atoms with Crippen molar-refractivity contribution in [2.75, 3.05) is 13.1 Å². The van der Waals surface area contributed by atoms with E-state index in [2.05, 4.69) is 23.7 Å². The number of aliphatic hydroxyl groups excluding tert-OH is 1. The number of aliphatic hydroxyl groups is 1. The standard InChI is InChI=1S/C41H41F5N2O4/c1-3-19-48(31-9-4-5-10-31)22-32-24(2)39(28-13-11-25(23-49)12-14-28)52-41(51-32)29-17-15-27(16-18-29)30-8-6-7-26(20-30)21-47-40(50)33-34(42)36(44)38(46)37(45)35(33)43/h3,6-8,11-18,20,24,31-32,39,41,49H,1,4-5,9-10,19,21-23H2,2H3,(H,47,50)/t24-,32+,39+,41+/m1/s1. The van der Waals surface area contributed by atoms with Crippen LogP contribution in [-0.2, 0) is 22.6 Å². The number of halogens is 5. The summed E-state index contributed by atoms with van der Waals surface area (Å²) in [6.07, 6.45) is 5.62. The summed E-state index contributed by atoms with van der Waals surface area (Å²) in [5.74, 6) is -12.5. The molecule has 1 amide bonds. The minimum Gasteiger partial charge on any atom is -0.392 e. The predicted molar refractivity (Wildman–Crippen MR) is 186 cm³/mol. The van der Waals surface area contributed by atoms with Gasteiger partial charge in [-0.25, -0.2) is 22.0 Å². The molecule has 4 atom stereocenters. The van der Waals surface area contributed by atoms with Gasteiger partial charge in [-0.2, -0.15) is 0 Å². The summed E-state index contributed by atoms with van der Waals surface area (Å²) < 4.78 is 82.4. The third kappa shape index (κ3) is 7.97. The lowest BCUT2D eigenvalue weighted by molar-refractivity contribution is -0.276. The van der Waals surface area contributed by atoms with E-state index < -0.39 is 46.8 Å². The molecule has 274 valence electrons. The average molecular weight is 721 g/mol. The molecule has 52 heavy (non-hydrogen) atoms. The summed E-state index contributed by atoms with van der Waals surface area (Å²) >= 11 is 0. The van der Waals surface area contributed by atoms with Gasteiger partial charge in [0.2, 0.25) is 5.82 Å². The van der Waals surface area contributed by atoms with E-state index in [-0.39, 0.29) is 31.3 Å². The van der Waals surface area contributed by atoms with Crippen molar-refractivity contribution in [1.29, 1.82) is 0 Å². The van der Waals surface area contributed by atoms with Crippen LogP contribution in [0.3, 0.4) is 0 Å². The van der Waals surface area contributed by atoms with E-state index in [4.69, 9.17) is 9.47 Å². The largest absolute Gasteiger partial charge is 0.392 e. The zero-order chi connectivity index (χ0) is 36.9. The zero-order valence-corrected chi connectivity index (χ0v) is 28.8. The number of amides is 1. The Morgan fingerprint density at radius 1 is 0.846 bits per heavy atom. The van der Waals surface area contributed by atoms with Crippen LogP contribution in [0.25, 0.3) is 11.1 Å². The maximum absolute atomic E-state index is 14.1. The quantitative estimate of drug-likeness (QED) is 0.0664. The van der Waals surface area contributed by atoms with E-state index in [1.54, 1.807) is 18.2 Å². The molecule has 0 spiro atoms. The van der Waals surface area contributed by atoms with E-state index in [0.29, 0.717) is 11.6 Å². The lowest BCUT2D eigenvalue weighted by Crippen LogP contribution is -2.47. The summed E-state index contributed by atoms with van der Waals surface area (Å²) in [7, 11) is 0. The second-order valence-corrected chi connectivity index (χ2v) is 13.5. The van der Waals surface area contributed by atoms with E-state index >= 15 is 0 Å². The molecule has 6 rings (SSSR count). The zero-order valence-electron chi connectivity index (χ0n) is 28.8. The highest BCUT2D eigenvalue weighted by molar-refractivity contribution is 5.94. The molecule has 1 aliphatic heterocycles. The van der Waals surface area contributed by atoms with Crippen molar-refractivity contribution < 1.29 is 41.3 Å². The summed E-state index contributed by atoms with van der Waals surface area (Å²) in [6, 6.07) is 22.9. The first-order valence-electron chi connectivity index (χ1n) is 17.4. The molecule has 4 aromatic rings. The minimum absolute atomic E-state index is 0.0292. The lowest BCUT2D eigenvalue weighted by atomic mass is 9.89. The Balaban J connectivity index is 1.19. The topological polar surface area (TPSA) is 71.0 Å². The lowest BCUT2D eigenvalue weighted by Gasteiger charge is -2.43. The van der Waals surface area contributed by atoms with Crippen molar-refractivity contribution in [2.24, 2.45) is 5.92 Å². The Kier molecular flexibility index (Phi) is 11.8. The molecule has 0 aromatic heterocycles. The molecule has 0 unspecified atom stereocenters. The number of hydrogen-bond acceptors (Lipinski definition) is 5. The average Bonchev–Trinajstić information content (AvgIpc) is 3.72. The van der Waals surface area contributed by atoms with Gasteiger partial charge in [-0.15, -0.1) is 6.58 Å². The maximum Gasteiger partial charge on any atom is 0.257 e. The Morgan fingerprint density at radius 3 is 2.12 bits per heavy atom. The number of rotatable bonds is 12. The minimum atomic E-state index is -2.33. The summed E-state index contributed by atoms with van der Waals surface area (Å²) in [6.45, 7) is 7.38. The van der Waals surface area contributed by atoms with Crippen molar-refractivity contribution in [3.05, 3.63) is 142 Å². The predicted octanol–water partition coefficient (Wildman–Crippen LogP) is 8.69. The second kappa shape index (κ2) is 16.5. The number of nitrogens with one attached hydrogen (secondary N) is 1. The molecule has 6 nitrogen and oxygen atoms in total. The van der Waals surface area contributed by atoms with Gasteiger partial charge in [-0.05, 0) is 46.7 Å². The van der Waals surface area contributed by atoms with Crippen LogP contribution in [0.4, 0.5) is 22.0 Å². The van der Waals surface area contributed by atoms with E-state index in [1.807, 2.05) is 60.7 Å². The van der Waals surface area contributed by atoms with Gasteiger partial charge in [0, 0.05) is 37.2 Å². The SMILES string of the molecule is C=CCN(C[C@@H]1O[C@H](c2ccc(-c3cccc(CNC(=O)c4c(F)c(F)c(F)c(F)c4F)c3)cc2)O[C@H](c2ccc(CO)cc2)[C@@H]1C)C1CCCC1. The van der Waals surface area contributed by atoms with Gasteiger partial charge >= 0.3 is 0 Å². The molecule has 1 heterocycles. The number of carbonyl (C=O) groups is 1. The molecule has 4 aromatic carbocycles. The fourth-order valence-corrected chi connectivity index (χ4v) is 7.14. The molecular weight excluding hydrogens is 679 g/mol. The van der Waals surface area contributed by atoms with E-state index in [9.17, 15) is 31.9 Å². The van der Waals surface area contributed by atoms with Crippen LogP contribution in [0.1, 0.15) is 77.6 Å². The Bertz CT molecular complexity index is 1850. The molecule has 1 aliphatic carbocycles. The highest BCUT2D eigenvalue weighted by Gasteiger charge is 2.40. The van der Waals surface area contributed by atoms with Gasteiger partial charge in [0.25, 0.3) is 5.91 Å². The molecular formula is C41H41F5N2O4. The summed E-state index contributed by atoms with van der Waals surface area (Å²) in [5, 5.41) is 11.8. The van der Waals surface area contributed by atoms with Crippen molar-refractivity contribution >= 4 is 5.91 Å². The van der Waals surface area contributed by atoms with Gasteiger partial charge in [0.05, 0.1) is 18.8 Å². The first-order chi connectivity index (χ1) is 25.1. The van der Waals surface area contributed by atoms with Gasteiger partial charge < -0.3 is 19.9 Å². The third-order valence-corrected chi connectivity index (χ3v) is 10.1. The van der Waals surface area contributed by atoms with Gasteiger partial charge in [0.1, 0.15) is 5.56 Å². The highest BCUT2D eigenvalue weighted by atomic mass is 19.2. The Morgan fingerprint density at radius 2 is 1.48 bits per heavy atom. The van der Waals surface area contributed by atoms with Crippen LogP contribution in [0, 0.1) is 35.0 Å². The van der Waals surface area contributed by atoms with Crippen LogP contribution in [0.2, 0.25) is 0 Å². The molecule has 1 saturated heterocycles. The first kappa shape index (κ1) is 37.3. The fourth-order valence-electron chi connectivity index (χ4n) is 7.14. The van der Waals surface area contributed by atoms with Crippen molar-refractivity contribution in [3.8, 4) is 11.1 Å². The second-order valence-electron chi connectivity index (χ2n) is 13.5. The number of nitrogens with zero attached hydrogens (tertiary/aromatic N) is 1. The molecule has 11 heteroatoms. The number of hydrogen-bond donors (Lipinski definition) is 2. The van der Waals surface area contributed by atoms with Gasteiger partial charge in [-0.3, -0.25) is 9.69 Å². The van der Waals surface area contributed by atoms with E-state index in [1.165, 1.54) is 12.8 Å². The molecule has 1 saturated carbocycles. The fraction of sp³-hybridized carbons (Fsp3) is 0.341. The van der Waals surface area contributed by atoms with Crippen molar-refractivity contribution in [2.45, 2.75) is 70.3 Å². The molecule has 2 N–H and O–H groups in total. The van der Waals surface area contributed by atoms with Crippen LogP contribution in [0.15, 0.2) is 85.5 Å². The van der Waals surface area contributed by atoms with E-state index in [0.717, 1.165) is 53.7 Å². The number of benzene rings is 4. The molecule has 2 fully saturated rings. The Labute approximate surface area is 299 Å². The smallest absolute Gasteiger partial charge is 0.257 e. The Hall–Kier alpha value is -4.42. The van der Waals surface area contributed by atoms with Crippen LogP contribution < -0.4 is 5.32 Å². The van der Waals surface area contributed by atoms with Crippen LogP contribution in [-0.4, -0.2) is 41.1 Å². The van der Waals surface area contributed by atoms with Crippen molar-refractivity contribution in [1.82, 2.24) is 10.2 Å². The first-order valence-corrected chi connectivity index (χ1v) is 17.4. The summed E-state index contributed by atoms with van der Waals surface area (Å²) in [4.78, 5) is 14.9. The normalized spacial score (nSPS) is 20.7. The van der Waals surface area contributed by atoms with Crippen LogP contribution in [0.5, 0.6) is 0 Å².